The highest BCUT2D eigenvalue weighted by atomic mass is 19.4. The number of aromatic nitrogens is 2. The van der Waals surface area contributed by atoms with Crippen molar-refractivity contribution in [3.8, 4) is 0 Å². The van der Waals surface area contributed by atoms with E-state index in [1.165, 1.54) is 6.07 Å². The van der Waals surface area contributed by atoms with Crippen molar-refractivity contribution < 1.29 is 32.0 Å². The van der Waals surface area contributed by atoms with E-state index in [0.717, 1.165) is 55.5 Å². The molecule has 4 rings (SSSR count). The van der Waals surface area contributed by atoms with Crippen LogP contribution in [0.3, 0.4) is 0 Å². The van der Waals surface area contributed by atoms with E-state index in [9.17, 15) is 22.8 Å². The fourth-order valence-corrected chi connectivity index (χ4v) is 4.99. The fourth-order valence-electron chi connectivity index (χ4n) is 4.99. The molecule has 3 aromatic rings. The highest BCUT2D eigenvalue weighted by Gasteiger charge is 2.32. The maximum Gasteiger partial charge on any atom is 0.416 e. The standard InChI is InChI=1S/C28H33F3N6O3/c1-18-6-4-5-7-20(18)12-25(38)32-22-13-21(28(29,30)31)14-23(15-22)33-27(39)34-26-17-37(35-40-26)24-10-8-19(9-11-24)16-36(2)3/h4-7,13-15,17,19,24H,8-12,16H2,1-3H3,(H2-,32,33,34,35,38,39)/p+1. The Balaban J connectivity index is 1.39. The molecule has 1 aliphatic carbocycles. The van der Waals surface area contributed by atoms with Gasteiger partial charge in [0.1, 0.15) is 0 Å². The van der Waals surface area contributed by atoms with Crippen LogP contribution in [0.25, 0.3) is 0 Å². The van der Waals surface area contributed by atoms with Gasteiger partial charge >= 0.3 is 18.1 Å². The summed E-state index contributed by atoms with van der Waals surface area (Å²) in [6.07, 6.45) is 0.866. The lowest BCUT2D eigenvalue weighted by molar-refractivity contribution is -0.787. The molecule has 40 heavy (non-hydrogen) atoms. The molecule has 9 nitrogen and oxygen atoms in total. The van der Waals surface area contributed by atoms with Gasteiger partial charge in [0.05, 0.1) is 12.0 Å². The van der Waals surface area contributed by atoms with E-state index < -0.39 is 23.7 Å². The number of halogens is 3. The molecule has 0 radical (unpaired) electrons. The molecule has 0 spiro atoms. The van der Waals surface area contributed by atoms with Gasteiger partial charge in [0.2, 0.25) is 11.2 Å². The van der Waals surface area contributed by atoms with Crippen LogP contribution in [0.15, 0.2) is 53.2 Å². The molecule has 214 valence electrons. The summed E-state index contributed by atoms with van der Waals surface area (Å²) in [6.45, 7) is 2.89. The molecule has 1 saturated carbocycles. The van der Waals surface area contributed by atoms with Crippen molar-refractivity contribution in [1.82, 2.24) is 10.2 Å². The zero-order valence-electron chi connectivity index (χ0n) is 22.7. The molecule has 3 amide bonds. The monoisotopic (exact) mass is 559 g/mol. The Morgan fingerprint density at radius 3 is 2.35 bits per heavy atom. The summed E-state index contributed by atoms with van der Waals surface area (Å²) in [5.41, 5.74) is 0.400. The van der Waals surface area contributed by atoms with Crippen molar-refractivity contribution in [2.75, 3.05) is 36.6 Å². The third-order valence-electron chi connectivity index (χ3n) is 6.95. The van der Waals surface area contributed by atoms with Crippen LogP contribution < -0.4 is 20.6 Å². The van der Waals surface area contributed by atoms with Crippen LogP contribution in [0.5, 0.6) is 0 Å². The smallest absolute Gasteiger partial charge is 0.326 e. The van der Waals surface area contributed by atoms with E-state index in [-0.39, 0.29) is 29.7 Å². The van der Waals surface area contributed by atoms with Crippen LogP contribution in [0.1, 0.15) is 48.4 Å². The Bertz CT molecular complexity index is 1330. The zero-order valence-corrected chi connectivity index (χ0v) is 22.7. The predicted octanol–water partition coefficient (Wildman–Crippen LogP) is 5.41. The first-order valence-corrected chi connectivity index (χ1v) is 13.1. The number of aryl methyl sites for hydroxylation is 1. The number of carbonyl (C=O) groups excluding carboxylic acids is 2. The molecule has 1 fully saturated rings. The van der Waals surface area contributed by atoms with Crippen LogP contribution in [0.2, 0.25) is 0 Å². The molecule has 1 aromatic heterocycles. The van der Waals surface area contributed by atoms with Gasteiger partial charge in [-0.3, -0.25) is 14.6 Å². The van der Waals surface area contributed by atoms with Crippen molar-refractivity contribution in [3.05, 3.63) is 65.4 Å². The van der Waals surface area contributed by atoms with E-state index in [0.29, 0.717) is 5.92 Å². The summed E-state index contributed by atoms with van der Waals surface area (Å²) in [4.78, 5) is 27.3. The molecule has 12 heteroatoms. The first-order valence-electron chi connectivity index (χ1n) is 13.1. The van der Waals surface area contributed by atoms with Crippen LogP contribution in [-0.4, -0.2) is 42.7 Å². The average Bonchev–Trinajstić information content (AvgIpc) is 3.33. The number of urea groups is 1. The second-order valence-corrected chi connectivity index (χ2v) is 10.5. The normalized spacial score (nSPS) is 17.5. The van der Waals surface area contributed by atoms with Crippen molar-refractivity contribution in [2.45, 2.75) is 51.2 Å². The third-order valence-corrected chi connectivity index (χ3v) is 6.95. The third kappa shape index (κ3) is 8.04. The summed E-state index contributed by atoms with van der Waals surface area (Å²) in [7, 11) is 4.12. The van der Waals surface area contributed by atoms with Crippen LogP contribution >= 0.6 is 0 Å². The highest BCUT2D eigenvalue weighted by Crippen LogP contribution is 2.34. The minimum Gasteiger partial charge on any atom is -0.326 e. The molecule has 0 aliphatic heterocycles. The summed E-state index contributed by atoms with van der Waals surface area (Å²) in [6, 6.07) is 9.47. The van der Waals surface area contributed by atoms with E-state index in [1.807, 2.05) is 19.1 Å². The summed E-state index contributed by atoms with van der Waals surface area (Å²) in [5.74, 6) is 0.212. The number of hydrogen-bond donors (Lipinski definition) is 3. The molecule has 0 saturated heterocycles. The van der Waals surface area contributed by atoms with Crippen molar-refractivity contribution in [3.63, 3.8) is 0 Å². The number of alkyl halides is 3. The van der Waals surface area contributed by atoms with E-state index in [4.69, 9.17) is 4.52 Å². The van der Waals surface area contributed by atoms with Gasteiger partial charge in [0.25, 0.3) is 6.20 Å². The Morgan fingerprint density at radius 1 is 1.02 bits per heavy atom. The second kappa shape index (κ2) is 12.5. The van der Waals surface area contributed by atoms with Gasteiger partial charge < -0.3 is 15.5 Å². The number of nitrogens with one attached hydrogen (secondary N) is 3. The van der Waals surface area contributed by atoms with Gasteiger partial charge in [-0.2, -0.15) is 13.2 Å². The Hall–Kier alpha value is -3.93. The summed E-state index contributed by atoms with van der Waals surface area (Å²) >= 11 is 0. The summed E-state index contributed by atoms with van der Waals surface area (Å²) in [5, 5.41) is 11.4. The largest absolute Gasteiger partial charge is 0.416 e. The van der Waals surface area contributed by atoms with Gasteiger partial charge in [0, 0.05) is 30.8 Å². The summed E-state index contributed by atoms with van der Waals surface area (Å²) < 4.78 is 47.6. The molecule has 2 aromatic carbocycles. The molecule has 0 unspecified atom stereocenters. The maximum absolute atomic E-state index is 13.6. The predicted molar refractivity (Wildman–Crippen MR) is 144 cm³/mol. The van der Waals surface area contributed by atoms with E-state index in [1.54, 1.807) is 23.0 Å². The second-order valence-electron chi connectivity index (χ2n) is 10.5. The molecule has 0 atom stereocenters. The van der Waals surface area contributed by atoms with Crippen LogP contribution in [-0.2, 0) is 17.4 Å². The Kier molecular flexibility index (Phi) is 9.08. The number of hydrogen-bond acceptors (Lipinski definition) is 5. The van der Waals surface area contributed by atoms with Crippen molar-refractivity contribution >= 4 is 29.2 Å². The molecule has 1 heterocycles. The Labute approximate surface area is 230 Å². The first-order chi connectivity index (χ1) is 19.0. The van der Waals surface area contributed by atoms with Gasteiger partial charge in [-0.1, -0.05) is 24.3 Å². The number of carbonyl (C=O) groups is 2. The number of anilines is 3. The quantitative estimate of drug-likeness (QED) is 0.321. The average molecular weight is 560 g/mol. The lowest BCUT2D eigenvalue weighted by Gasteiger charge is -2.26. The van der Waals surface area contributed by atoms with Gasteiger partial charge in [-0.05, 0) is 73.8 Å². The van der Waals surface area contributed by atoms with E-state index in [2.05, 4.69) is 40.2 Å². The van der Waals surface area contributed by atoms with Crippen LogP contribution in [0, 0.1) is 12.8 Å². The van der Waals surface area contributed by atoms with E-state index >= 15 is 0 Å². The maximum atomic E-state index is 13.6. The molecule has 1 aliphatic rings. The van der Waals surface area contributed by atoms with Crippen molar-refractivity contribution in [2.24, 2.45) is 5.92 Å². The van der Waals surface area contributed by atoms with Crippen molar-refractivity contribution in [1.29, 1.82) is 0 Å². The Morgan fingerprint density at radius 2 is 1.70 bits per heavy atom. The zero-order chi connectivity index (χ0) is 28.9. The fraction of sp³-hybridized carbons (Fsp3) is 0.429. The SMILES string of the molecule is Cc1ccccc1CC(=O)Nc1cc(NC(=O)Nc2c[n+](C3CCC(CN(C)C)CC3)no2)cc(C(F)(F)F)c1. The first kappa shape index (κ1) is 29.1. The number of benzene rings is 2. The van der Waals surface area contributed by atoms with Gasteiger partial charge in [0.15, 0.2) is 6.04 Å². The number of rotatable bonds is 8. The lowest BCUT2D eigenvalue weighted by atomic mass is 9.86. The molecular formula is C28H34F3N6O3+. The van der Waals surface area contributed by atoms with Crippen LogP contribution in [0.4, 0.5) is 35.2 Å². The van der Waals surface area contributed by atoms with Gasteiger partial charge in [-0.15, -0.1) is 0 Å². The molecular weight excluding hydrogens is 525 g/mol. The topological polar surface area (TPSA) is 103 Å². The van der Waals surface area contributed by atoms with Gasteiger partial charge in [-0.25, -0.2) is 4.79 Å². The molecule has 3 N–H and O–H groups in total. The highest BCUT2D eigenvalue weighted by molar-refractivity contribution is 6.00. The molecule has 0 bridgehead atoms. The number of amides is 3. The number of nitrogens with zero attached hydrogens (tertiary/aromatic N) is 3. The lowest BCUT2D eigenvalue weighted by Crippen LogP contribution is -2.43. The minimum absolute atomic E-state index is 0.00500. The minimum atomic E-state index is -4.69.